The fourth-order valence-electron chi connectivity index (χ4n) is 3.23. The molecule has 1 aromatic rings. The molecule has 1 fully saturated rings. The van der Waals surface area contributed by atoms with Crippen molar-refractivity contribution in [3.63, 3.8) is 0 Å². The Balaban J connectivity index is 2.11. The molecule has 1 aliphatic rings. The van der Waals surface area contributed by atoms with Crippen LogP contribution in [-0.4, -0.2) is 0 Å². The van der Waals surface area contributed by atoms with Crippen molar-refractivity contribution in [3.8, 4) is 0 Å². The lowest BCUT2D eigenvalue weighted by atomic mass is 9.70. The van der Waals surface area contributed by atoms with Crippen LogP contribution in [0.4, 0.5) is 4.39 Å². The Bertz CT molecular complexity index is 392. The van der Waals surface area contributed by atoms with Gasteiger partial charge in [-0.1, -0.05) is 38.3 Å². The molecule has 1 unspecified atom stereocenters. The highest BCUT2D eigenvalue weighted by Gasteiger charge is 2.34. The maximum absolute atomic E-state index is 13.3. The molecule has 1 aromatic carbocycles. The van der Waals surface area contributed by atoms with E-state index in [1.165, 1.54) is 38.2 Å². The summed E-state index contributed by atoms with van der Waals surface area (Å²) in [6, 6.07) is 6.78. The lowest BCUT2D eigenvalue weighted by molar-refractivity contribution is 0.183. The first-order valence-corrected chi connectivity index (χ1v) is 7.09. The summed E-state index contributed by atoms with van der Waals surface area (Å²) in [4.78, 5) is 0. The standard InChI is InChI=1S/C16H24FN/c1-3-12-7-9-13(10-8-12)16(2,18)14-5-4-6-15(17)11-14/h4-6,11-13H,3,7-10,18H2,1-2H3. The van der Waals surface area contributed by atoms with Crippen LogP contribution < -0.4 is 5.73 Å². The van der Waals surface area contributed by atoms with Crippen LogP contribution in [0.2, 0.25) is 0 Å². The Morgan fingerprint density at radius 1 is 1.28 bits per heavy atom. The van der Waals surface area contributed by atoms with Gasteiger partial charge in [0.1, 0.15) is 5.82 Å². The van der Waals surface area contributed by atoms with Crippen molar-refractivity contribution in [2.75, 3.05) is 0 Å². The van der Waals surface area contributed by atoms with Gasteiger partial charge in [0.25, 0.3) is 0 Å². The van der Waals surface area contributed by atoms with E-state index < -0.39 is 5.54 Å². The van der Waals surface area contributed by atoms with Crippen molar-refractivity contribution < 1.29 is 4.39 Å². The highest BCUT2D eigenvalue weighted by molar-refractivity contribution is 5.25. The molecule has 0 aromatic heterocycles. The summed E-state index contributed by atoms with van der Waals surface area (Å²) in [6.45, 7) is 4.32. The second kappa shape index (κ2) is 5.40. The highest BCUT2D eigenvalue weighted by Crippen LogP contribution is 2.40. The van der Waals surface area contributed by atoms with Gasteiger partial charge in [-0.2, -0.15) is 0 Å². The Morgan fingerprint density at radius 2 is 1.94 bits per heavy atom. The van der Waals surface area contributed by atoms with Crippen molar-refractivity contribution in [2.45, 2.75) is 51.5 Å². The van der Waals surface area contributed by atoms with Crippen LogP contribution in [0.1, 0.15) is 51.5 Å². The lowest BCUT2D eigenvalue weighted by Gasteiger charge is -2.39. The average Bonchev–Trinajstić information content (AvgIpc) is 2.39. The number of halogens is 1. The van der Waals surface area contributed by atoms with E-state index in [2.05, 4.69) is 13.8 Å². The van der Waals surface area contributed by atoms with Gasteiger partial charge >= 0.3 is 0 Å². The number of benzene rings is 1. The minimum absolute atomic E-state index is 0.189. The quantitative estimate of drug-likeness (QED) is 0.853. The smallest absolute Gasteiger partial charge is 0.123 e. The zero-order valence-electron chi connectivity index (χ0n) is 11.5. The molecule has 0 heterocycles. The van der Waals surface area contributed by atoms with Crippen molar-refractivity contribution in [1.29, 1.82) is 0 Å². The molecule has 2 rings (SSSR count). The van der Waals surface area contributed by atoms with E-state index in [0.29, 0.717) is 5.92 Å². The summed E-state index contributed by atoms with van der Waals surface area (Å²) in [5.41, 5.74) is 7.03. The van der Waals surface area contributed by atoms with Crippen molar-refractivity contribution >= 4 is 0 Å². The van der Waals surface area contributed by atoms with E-state index in [4.69, 9.17) is 5.73 Å². The van der Waals surface area contributed by atoms with Crippen LogP contribution in [-0.2, 0) is 5.54 Å². The van der Waals surface area contributed by atoms with Gasteiger partial charge in [0.05, 0.1) is 0 Å². The zero-order valence-corrected chi connectivity index (χ0v) is 11.5. The number of hydrogen-bond donors (Lipinski definition) is 1. The van der Waals surface area contributed by atoms with E-state index in [1.807, 2.05) is 6.07 Å². The first-order valence-electron chi connectivity index (χ1n) is 7.09. The average molecular weight is 249 g/mol. The maximum Gasteiger partial charge on any atom is 0.123 e. The first-order chi connectivity index (χ1) is 8.54. The van der Waals surface area contributed by atoms with Crippen LogP contribution in [0.3, 0.4) is 0 Å². The van der Waals surface area contributed by atoms with E-state index in [-0.39, 0.29) is 5.82 Å². The molecule has 0 spiro atoms. The van der Waals surface area contributed by atoms with Crippen LogP contribution >= 0.6 is 0 Å². The molecular weight excluding hydrogens is 225 g/mol. The summed E-state index contributed by atoms with van der Waals surface area (Å²) in [6.07, 6.45) is 6.14. The molecule has 0 aliphatic heterocycles. The first kappa shape index (κ1) is 13.5. The third-order valence-corrected chi connectivity index (χ3v) is 4.72. The predicted molar refractivity (Wildman–Crippen MR) is 73.7 cm³/mol. The molecule has 2 heteroatoms. The Kier molecular flexibility index (Phi) is 4.06. The summed E-state index contributed by atoms with van der Waals surface area (Å²) >= 11 is 0. The molecule has 18 heavy (non-hydrogen) atoms. The molecule has 0 saturated heterocycles. The third-order valence-electron chi connectivity index (χ3n) is 4.72. The summed E-state index contributed by atoms with van der Waals surface area (Å²) < 4.78 is 13.3. The van der Waals surface area contributed by atoms with Crippen LogP contribution in [0.15, 0.2) is 24.3 Å². The monoisotopic (exact) mass is 249 g/mol. The lowest BCUT2D eigenvalue weighted by Crippen LogP contribution is -2.43. The van der Waals surface area contributed by atoms with Gasteiger partial charge in [0.2, 0.25) is 0 Å². The minimum Gasteiger partial charge on any atom is -0.321 e. The normalized spacial score (nSPS) is 27.8. The molecule has 0 bridgehead atoms. The third kappa shape index (κ3) is 2.74. The molecule has 0 amide bonds. The van der Waals surface area contributed by atoms with Crippen LogP contribution in [0, 0.1) is 17.7 Å². The molecule has 1 nitrogen and oxygen atoms in total. The van der Waals surface area contributed by atoms with Crippen molar-refractivity contribution in [2.24, 2.45) is 17.6 Å². The fourth-order valence-corrected chi connectivity index (χ4v) is 3.23. The van der Waals surface area contributed by atoms with Crippen LogP contribution in [0.5, 0.6) is 0 Å². The van der Waals surface area contributed by atoms with E-state index in [9.17, 15) is 4.39 Å². The Labute approximate surface area is 110 Å². The summed E-state index contributed by atoms with van der Waals surface area (Å²) in [5, 5.41) is 0. The van der Waals surface area contributed by atoms with Gasteiger partial charge in [-0.3, -0.25) is 0 Å². The minimum atomic E-state index is -0.402. The Morgan fingerprint density at radius 3 is 2.50 bits per heavy atom. The predicted octanol–water partition coefficient (Wildman–Crippen LogP) is 4.22. The van der Waals surface area contributed by atoms with Gasteiger partial charge < -0.3 is 5.73 Å². The molecule has 0 radical (unpaired) electrons. The SMILES string of the molecule is CCC1CCC(C(C)(N)c2cccc(F)c2)CC1. The van der Waals surface area contributed by atoms with Crippen LogP contribution in [0.25, 0.3) is 0 Å². The summed E-state index contributed by atoms with van der Waals surface area (Å²) in [7, 11) is 0. The summed E-state index contributed by atoms with van der Waals surface area (Å²) in [5.74, 6) is 1.15. The molecule has 100 valence electrons. The van der Waals surface area contributed by atoms with E-state index in [0.717, 1.165) is 11.5 Å². The fraction of sp³-hybridized carbons (Fsp3) is 0.625. The zero-order chi connectivity index (χ0) is 13.2. The van der Waals surface area contributed by atoms with Gasteiger partial charge in [-0.05, 0) is 49.3 Å². The second-order valence-electron chi connectivity index (χ2n) is 5.92. The van der Waals surface area contributed by atoms with Gasteiger partial charge in [0.15, 0.2) is 0 Å². The number of rotatable bonds is 3. The van der Waals surface area contributed by atoms with Gasteiger partial charge in [-0.15, -0.1) is 0 Å². The largest absolute Gasteiger partial charge is 0.321 e. The highest BCUT2D eigenvalue weighted by atomic mass is 19.1. The van der Waals surface area contributed by atoms with Gasteiger partial charge in [-0.25, -0.2) is 4.39 Å². The van der Waals surface area contributed by atoms with E-state index >= 15 is 0 Å². The second-order valence-corrected chi connectivity index (χ2v) is 5.92. The van der Waals surface area contributed by atoms with E-state index in [1.54, 1.807) is 12.1 Å². The molecule has 1 aliphatic carbocycles. The van der Waals surface area contributed by atoms with Crippen molar-refractivity contribution in [1.82, 2.24) is 0 Å². The molecular formula is C16H24FN. The topological polar surface area (TPSA) is 26.0 Å². The van der Waals surface area contributed by atoms with Gasteiger partial charge in [0, 0.05) is 5.54 Å². The molecule has 1 saturated carbocycles. The number of hydrogen-bond acceptors (Lipinski definition) is 1. The Hall–Kier alpha value is -0.890. The van der Waals surface area contributed by atoms with Crippen molar-refractivity contribution in [3.05, 3.63) is 35.6 Å². The molecule has 1 atom stereocenters. The maximum atomic E-state index is 13.3. The molecule has 2 N–H and O–H groups in total. The number of nitrogens with two attached hydrogens (primary N) is 1.